The van der Waals surface area contributed by atoms with E-state index in [1.807, 2.05) is 0 Å². The second-order valence-electron chi connectivity index (χ2n) is 6.33. The van der Waals surface area contributed by atoms with Gasteiger partial charge in [0.2, 0.25) is 0 Å². The van der Waals surface area contributed by atoms with Crippen LogP contribution in [0.4, 0.5) is 0 Å². The molecule has 0 saturated carbocycles. The molecule has 0 bridgehead atoms. The van der Waals surface area contributed by atoms with Gasteiger partial charge in [-0.25, -0.2) is 0 Å². The van der Waals surface area contributed by atoms with Crippen molar-refractivity contribution in [3.63, 3.8) is 0 Å². The Kier molecular flexibility index (Phi) is 5.50. The Hall–Kier alpha value is -0.0400. The molecule has 0 amide bonds. The highest BCUT2D eigenvalue weighted by Crippen LogP contribution is 2.45. The number of hydrogen-bond acceptors (Lipinski definition) is 1. The molecular weight excluding hydrogens is 206 g/mol. The number of hydrogen-bond donors (Lipinski definition) is 1. The van der Waals surface area contributed by atoms with Gasteiger partial charge in [0, 0.05) is 11.6 Å². The van der Waals surface area contributed by atoms with Gasteiger partial charge in [-0.2, -0.15) is 0 Å². The first kappa shape index (κ1) is 15.0. The van der Waals surface area contributed by atoms with Crippen LogP contribution in [0.2, 0.25) is 0 Å². The Morgan fingerprint density at radius 1 is 1.00 bits per heavy atom. The third kappa shape index (κ3) is 2.86. The quantitative estimate of drug-likeness (QED) is 0.713. The molecule has 1 unspecified atom stereocenters. The van der Waals surface area contributed by atoms with Crippen LogP contribution in [0, 0.1) is 17.8 Å². The van der Waals surface area contributed by atoms with Gasteiger partial charge >= 0.3 is 0 Å². The SMILES string of the molecule is CCC1[C@H](CC)NC(CC)(CC)[C@H]1CC(C)C. The summed E-state index contributed by atoms with van der Waals surface area (Å²) in [5, 5.41) is 4.01. The highest BCUT2D eigenvalue weighted by molar-refractivity contribution is 5.06. The third-order valence-corrected chi connectivity index (χ3v) is 5.11. The summed E-state index contributed by atoms with van der Waals surface area (Å²) in [4.78, 5) is 0. The van der Waals surface area contributed by atoms with Crippen molar-refractivity contribution in [1.29, 1.82) is 0 Å². The van der Waals surface area contributed by atoms with E-state index in [1.54, 1.807) is 0 Å². The van der Waals surface area contributed by atoms with E-state index in [0.717, 1.165) is 23.8 Å². The molecule has 17 heavy (non-hydrogen) atoms. The van der Waals surface area contributed by atoms with E-state index < -0.39 is 0 Å². The van der Waals surface area contributed by atoms with Gasteiger partial charge in [-0.05, 0) is 43.4 Å². The molecule has 0 radical (unpaired) electrons. The van der Waals surface area contributed by atoms with Gasteiger partial charge in [-0.3, -0.25) is 0 Å². The molecule has 0 aliphatic carbocycles. The van der Waals surface area contributed by atoms with Gasteiger partial charge in [-0.15, -0.1) is 0 Å². The molecule has 0 spiro atoms. The fourth-order valence-corrected chi connectivity index (χ4v) is 4.13. The maximum Gasteiger partial charge on any atom is 0.0210 e. The number of rotatable bonds is 6. The van der Waals surface area contributed by atoms with E-state index in [1.165, 1.54) is 32.1 Å². The van der Waals surface area contributed by atoms with Gasteiger partial charge in [0.05, 0.1) is 0 Å². The van der Waals surface area contributed by atoms with Crippen LogP contribution in [0.25, 0.3) is 0 Å². The summed E-state index contributed by atoms with van der Waals surface area (Å²) in [6.07, 6.45) is 6.59. The molecular formula is C16H33N. The van der Waals surface area contributed by atoms with Crippen molar-refractivity contribution in [3.8, 4) is 0 Å². The van der Waals surface area contributed by atoms with Crippen LogP contribution < -0.4 is 5.32 Å². The van der Waals surface area contributed by atoms with E-state index in [4.69, 9.17) is 0 Å². The Morgan fingerprint density at radius 2 is 1.59 bits per heavy atom. The van der Waals surface area contributed by atoms with Gasteiger partial charge in [-0.1, -0.05) is 48.0 Å². The van der Waals surface area contributed by atoms with Gasteiger partial charge < -0.3 is 5.32 Å². The highest BCUT2D eigenvalue weighted by Gasteiger charge is 2.49. The normalized spacial score (nSPS) is 32.3. The Morgan fingerprint density at radius 3 is 1.94 bits per heavy atom. The fraction of sp³-hybridized carbons (Fsp3) is 1.00. The van der Waals surface area contributed by atoms with Crippen LogP contribution >= 0.6 is 0 Å². The standard InChI is InChI=1S/C16H33N/c1-7-13-14(11-12(5)6)16(9-3,10-4)17-15(13)8-2/h12-15,17H,7-11H2,1-6H3/t13?,14-,15-/m0/s1. The lowest BCUT2D eigenvalue weighted by Gasteiger charge is -2.36. The minimum absolute atomic E-state index is 0.422. The molecule has 1 saturated heterocycles. The monoisotopic (exact) mass is 239 g/mol. The molecule has 1 heterocycles. The zero-order valence-corrected chi connectivity index (χ0v) is 12.8. The maximum atomic E-state index is 4.01. The van der Waals surface area contributed by atoms with Crippen molar-refractivity contribution in [2.24, 2.45) is 17.8 Å². The average Bonchev–Trinajstić information content (AvgIpc) is 2.62. The van der Waals surface area contributed by atoms with Crippen molar-refractivity contribution >= 4 is 0 Å². The van der Waals surface area contributed by atoms with Crippen LogP contribution in [0.15, 0.2) is 0 Å². The van der Waals surface area contributed by atoms with Crippen LogP contribution in [-0.4, -0.2) is 11.6 Å². The van der Waals surface area contributed by atoms with Gasteiger partial charge in [0.15, 0.2) is 0 Å². The molecule has 0 aromatic heterocycles. The van der Waals surface area contributed by atoms with Crippen LogP contribution in [0.5, 0.6) is 0 Å². The first-order valence-electron chi connectivity index (χ1n) is 7.82. The molecule has 3 atom stereocenters. The third-order valence-electron chi connectivity index (χ3n) is 5.11. The first-order valence-corrected chi connectivity index (χ1v) is 7.82. The molecule has 102 valence electrons. The lowest BCUT2D eigenvalue weighted by molar-refractivity contribution is 0.190. The summed E-state index contributed by atoms with van der Waals surface area (Å²) in [5.74, 6) is 2.60. The largest absolute Gasteiger partial charge is 0.308 e. The maximum absolute atomic E-state index is 4.01. The van der Waals surface area contributed by atoms with Crippen LogP contribution in [-0.2, 0) is 0 Å². The van der Waals surface area contributed by atoms with Crippen LogP contribution in [0.1, 0.15) is 73.6 Å². The molecule has 1 heteroatoms. The van der Waals surface area contributed by atoms with E-state index in [0.29, 0.717) is 5.54 Å². The fourth-order valence-electron chi connectivity index (χ4n) is 4.13. The Labute approximate surface area is 109 Å². The average molecular weight is 239 g/mol. The van der Waals surface area contributed by atoms with Crippen molar-refractivity contribution in [1.82, 2.24) is 5.32 Å². The smallest absolute Gasteiger partial charge is 0.0210 e. The molecule has 1 aliphatic rings. The molecule has 1 rings (SSSR count). The van der Waals surface area contributed by atoms with Crippen LogP contribution in [0.3, 0.4) is 0 Å². The second-order valence-corrected chi connectivity index (χ2v) is 6.33. The zero-order chi connectivity index (χ0) is 13.1. The minimum Gasteiger partial charge on any atom is -0.308 e. The zero-order valence-electron chi connectivity index (χ0n) is 12.8. The predicted octanol–water partition coefficient (Wildman–Crippen LogP) is 4.62. The lowest BCUT2D eigenvalue weighted by atomic mass is 9.71. The summed E-state index contributed by atoms with van der Waals surface area (Å²) in [6, 6.07) is 0.753. The summed E-state index contributed by atoms with van der Waals surface area (Å²) >= 11 is 0. The summed E-state index contributed by atoms with van der Waals surface area (Å²) in [7, 11) is 0. The van der Waals surface area contributed by atoms with Crippen molar-refractivity contribution < 1.29 is 0 Å². The lowest BCUT2D eigenvalue weighted by Crippen LogP contribution is -2.46. The molecule has 1 N–H and O–H groups in total. The van der Waals surface area contributed by atoms with E-state index in [2.05, 4.69) is 46.9 Å². The molecule has 1 fully saturated rings. The summed E-state index contributed by atoms with van der Waals surface area (Å²) in [6.45, 7) is 14.2. The van der Waals surface area contributed by atoms with Gasteiger partial charge in [0.1, 0.15) is 0 Å². The summed E-state index contributed by atoms with van der Waals surface area (Å²) < 4.78 is 0. The van der Waals surface area contributed by atoms with E-state index in [-0.39, 0.29) is 0 Å². The first-order chi connectivity index (χ1) is 8.04. The predicted molar refractivity (Wildman–Crippen MR) is 77.3 cm³/mol. The van der Waals surface area contributed by atoms with E-state index >= 15 is 0 Å². The Balaban J connectivity index is 2.95. The second kappa shape index (κ2) is 6.22. The van der Waals surface area contributed by atoms with Crippen molar-refractivity contribution in [2.75, 3.05) is 0 Å². The van der Waals surface area contributed by atoms with E-state index in [9.17, 15) is 0 Å². The summed E-state index contributed by atoms with van der Waals surface area (Å²) in [5.41, 5.74) is 0.422. The molecule has 1 nitrogen and oxygen atoms in total. The Bertz CT molecular complexity index is 218. The van der Waals surface area contributed by atoms with Crippen molar-refractivity contribution in [2.45, 2.75) is 85.2 Å². The minimum atomic E-state index is 0.422. The molecule has 1 aliphatic heterocycles. The highest BCUT2D eigenvalue weighted by atomic mass is 15.1. The topological polar surface area (TPSA) is 12.0 Å². The van der Waals surface area contributed by atoms with Crippen molar-refractivity contribution in [3.05, 3.63) is 0 Å². The molecule has 0 aromatic carbocycles. The van der Waals surface area contributed by atoms with Gasteiger partial charge in [0.25, 0.3) is 0 Å². The molecule has 0 aromatic rings. The number of nitrogens with one attached hydrogen (secondary N) is 1.